The van der Waals surface area contributed by atoms with E-state index >= 15 is 0 Å². The maximum Gasteiger partial charge on any atom is 0.326 e. The summed E-state index contributed by atoms with van der Waals surface area (Å²) in [6.07, 6.45) is 5.10. The molecule has 0 spiro atoms. The quantitative estimate of drug-likeness (QED) is 0.0733. The number of benzene rings is 1. The number of carboxylic acids is 1. The molecule has 2 unspecified atom stereocenters. The van der Waals surface area contributed by atoms with E-state index in [1.165, 1.54) is 30.9 Å². The molecule has 1 aliphatic heterocycles. The van der Waals surface area contributed by atoms with Crippen molar-refractivity contribution in [1.29, 1.82) is 0 Å². The number of Topliss-reactive ketones (excluding diaryl/α,β-unsaturated/α-hetero) is 2. The molecule has 1 aromatic carbocycles. The monoisotopic (exact) mass is 972 g/mol. The number of carboxylic acid groups (broad SMARTS) is 1. The Morgan fingerprint density at radius 3 is 2.09 bits per heavy atom. The van der Waals surface area contributed by atoms with Crippen molar-refractivity contribution in [2.45, 2.75) is 167 Å². The van der Waals surface area contributed by atoms with Gasteiger partial charge in [0.25, 0.3) is 0 Å². The molecule has 382 valence electrons. The number of unbranched alkanes of at least 4 members (excludes halogenated alkanes) is 2. The first kappa shape index (κ1) is 58.0. The van der Waals surface area contributed by atoms with Crippen LogP contribution < -0.4 is 10.6 Å². The molecule has 1 saturated heterocycles. The van der Waals surface area contributed by atoms with Crippen LogP contribution in [0, 0.1) is 29.6 Å². The fraction of sp³-hybridized carbons (Fsp3) is 0.725. The molecule has 0 aromatic heterocycles. The molecule has 1 aromatic rings. The summed E-state index contributed by atoms with van der Waals surface area (Å²) in [6.45, 7) is 13.4. The second-order valence-corrected chi connectivity index (χ2v) is 20.6. The Bertz CT molecular complexity index is 1870. The third kappa shape index (κ3) is 15.3. The number of nitrogens with one attached hydrogen (secondary N) is 2. The summed E-state index contributed by atoms with van der Waals surface area (Å²) < 4.78 is 11.9. The Balaban J connectivity index is 1.70. The number of carbonyl (C=O) groups excluding carboxylic acids is 7. The summed E-state index contributed by atoms with van der Waals surface area (Å²) in [6, 6.07) is 5.00. The standard InChI is InChI=1S/C51H81N5O11S/c1-13-32(6)45(39(66-10)29-42(59)56-26-20-24-37(56)47(67-11)33(7)48(61)52-36(51(64)65)27-34-21-16-14-17-22-34)55(9)50(63)43(30(2)3)53-49(62)44(31(4)5)54(8)41(58)25-19-15-18-23-35-38(57)28-40(68-12)46(35)60/h14,16-17,21-22,30-33,35-37,39-40,43-45,47H,13,15,18-20,23-29H2,1-12H3,(H,52,61)(H,53,62)(H,64,65)/t32-,33+,35?,36-,37-,39+,40?,43-,44-,45-,47+/m0/s1. The van der Waals surface area contributed by atoms with Crippen LogP contribution in [0.1, 0.15) is 118 Å². The first-order chi connectivity index (χ1) is 32.1. The number of thioether (sulfide) groups is 1. The maximum absolute atomic E-state index is 14.6. The molecule has 1 aliphatic carbocycles. The smallest absolute Gasteiger partial charge is 0.326 e. The van der Waals surface area contributed by atoms with Crippen molar-refractivity contribution in [3.05, 3.63) is 35.9 Å². The number of likely N-dealkylation sites (N-methyl/N-ethyl adjacent to an activating group) is 2. The highest BCUT2D eigenvalue weighted by atomic mass is 32.2. The lowest BCUT2D eigenvalue weighted by Gasteiger charge is -2.41. The summed E-state index contributed by atoms with van der Waals surface area (Å²) in [5.74, 6) is -5.03. The first-order valence-corrected chi connectivity index (χ1v) is 25.8. The molecule has 11 atom stereocenters. The summed E-state index contributed by atoms with van der Waals surface area (Å²) in [5, 5.41) is 15.3. The predicted molar refractivity (Wildman–Crippen MR) is 263 cm³/mol. The molecule has 0 bridgehead atoms. The van der Waals surface area contributed by atoms with Crippen LogP contribution in [0.2, 0.25) is 0 Å². The zero-order chi connectivity index (χ0) is 51.0. The molecule has 2 fully saturated rings. The number of hydrogen-bond acceptors (Lipinski definition) is 11. The minimum atomic E-state index is -1.16. The Labute approximate surface area is 409 Å². The minimum Gasteiger partial charge on any atom is -0.480 e. The van der Waals surface area contributed by atoms with E-state index in [1.54, 1.807) is 55.1 Å². The zero-order valence-electron chi connectivity index (χ0n) is 42.7. The van der Waals surface area contributed by atoms with E-state index in [-0.39, 0.29) is 78.0 Å². The molecule has 2 aliphatic rings. The normalized spacial score (nSPS) is 20.9. The number of rotatable bonds is 28. The minimum absolute atomic E-state index is 0.00141. The van der Waals surface area contributed by atoms with Gasteiger partial charge in [0.1, 0.15) is 23.9 Å². The molecule has 16 nitrogen and oxygen atoms in total. The van der Waals surface area contributed by atoms with Gasteiger partial charge in [0.05, 0.1) is 47.8 Å². The summed E-state index contributed by atoms with van der Waals surface area (Å²) in [7, 11) is 6.24. The Hall–Kier alpha value is -4.35. The molecule has 1 heterocycles. The van der Waals surface area contributed by atoms with Crippen molar-refractivity contribution < 1.29 is 52.9 Å². The first-order valence-electron chi connectivity index (χ1n) is 24.5. The van der Waals surface area contributed by atoms with E-state index in [9.17, 15) is 43.5 Å². The molecule has 17 heteroatoms. The highest BCUT2D eigenvalue weighted by Crippen LogP contribution is 2.32. The summed E-state index contributed by atoms with van der Waals surface area (Å²) in [4.78, 5) is 112. The van der Waals surface area contributed by atoms with Crippen molar-refractivity contribution in [3.8, 4) is 0 Å². The largest absolute Gasteiger partial charge is 0.480 e. The number of methoxy groups -OCH3 is 2. The van der Waals surface area contributed by atoms with E-state index in [1.807, 2.05) is 53.9 Å². The second kappa shape index (κ2) is 27.7. The number of hydrogen-bond donors (Lipinski definition) is 3. The zero-order valence-corrected chi connectivity index (χ0v) is 43.5. The van der Waals surface area contributed by atoms with Crippen LogP contribution in [-0.2, 0) is 54.3 Å². The molecule has 68 heavy (non-hydrogen) atoms. The van der Waals surface area contributed by atoms with Gasteiger partial charge in [-0.3, -0.25) is 33.6 Å². The van der Waals surface area contributed by atoms with Crippen molar-refractivity contribution in [2.75, 3.05) is 41.1 Å². The molecule has 0 radical (unpaired) electrons. The molecular formula is C51H81N5O11S. The van der Waals surface area contributed by atoms with Crippen LogP contribution in [0.3, 0.4) is 0 Å². The van der Waals surface area contributed by atoms with Gasteiger partial charge in [0.15, 0.2) is 5.78 Å². The van der Waals surface area contributed by atoms with Crippen LogP contribution in [0.4, 0.5) is 0 Å². The van der Waals surface area contributed by atoms with Crippen molar-refractivity contribution in [3.63, 3.8) is 0 Å². The average Bonchev–Trinajstić information content (AvgIpc) is 3.90. The number of likely N-dealkylation sites (tertiary alicyclic amines) is 1. The lowest BCUT2D eigenvalue weighted by molar-refractivity contribution is -0.149. The Morgan fingerprint density at radius 2 is 1.54 bits per heavy atom. The highest BCUT2D eigenvalue weighted by molar-refractivity contribution is 8.00. The number of nitrogens with zero attached hydrogens (tertiary/aromatic N) is 3. The summed E-state index contributed by atoms with van der Waals surface area (Å²) in [5.41, 5.74) is 0.764. The van der Waals surface area contributed by atoms with Crippen LogP contribution in [0.5, 0.6) is 0 Å². The van der Waals surface area contributed by atoms with Crippen molar-refractivity contribution >= 4 is 58.8 Å². The molecule has 3 rings (SSSR count). The average molecular weight is 972 g/mol. The fourth-order valence-corrected chi connectivity index (χ4v) is 10.7. The van der Waals surface area contributed by atoms with Gasteiger partial charge in [-0.15, -0.1) is 0 Å². The van der Waals surface area contributed by atoms with Crippen molar-refractivity contribution in [2.24, 2.45) is 29.6 Å². The predicted octanol–water partition coefficient (Wildman–Crippen LogP) is 5.18. The van der Waals surface area contributed by atoms with Gasteiger partial charge in [-0.1, -0.05) is 98.1 Å². The highest BCUT2D eigenvalue weighted by Gasteiger charge is 2.44. The number of amides is 5. The van der Waals surface area contributed by atoms with Gasteiger partial charge in [-0.05, 0) is 55.3 Å². The number of aliphatic carboxylic acids is 1. The third-order valence-corrected chi connectivity index (χ3v) is 15.2. The van der Waals surface area contributed by atoms with E-state index in [4.69, 9.17) is 9.47 Å². The number of ether oxygens (including phenoxy) is 2. The summed E-state index contributed by atoms with van der Waals surface area (Å²) >= 11 is 1.41. The van der Waals surface area contributed by atoms with E-state index in [0.717, 1.165) is 5.56 Å². The Morgan fingerprint density at radius 1 is 0.882 bits per heavy atom. The van der Waals surface area contributed by atoms with E-state index in [0.29, 0.717) is 51.5 Å². The topological polar surface area (TPSA) is 209 Å². The van der Waals surface area contributed by atoms with Gasteiger partial charge >= 0.3 is 5.97 Å². The fourth-order valence-electron chi connectivity index (χ4n) is 10.0. The van der Waals surface area contributed by atoms with E-state index < -0.39 is 72.0 Å². The van der Waals surface area contributed by atoms with Gasteiger partial charge in [0.2, 0.25) is 29.5 Å². The lowest BCUT2D eigenvalue weighted by atomic mass is 9.89. The van der Waals surface area contributed by atoms with Crippen LogP contribution in [-0.4, -0.2) is 156 Å². The maximum atomic E-state index is 14.6. The van der Waals surface area contributed by atoms with Crippen LogP contribution in [0.15, 0.2) is 30.3 Å². The van der Waals surface area contributed by atoms with Crippen LogP contribution in [0.25, 0.3) is 0 Å². The van der Waals surface area contributed by atoms with E-state index in [2.05, 4.69) is 10.6 Å². The second-order valence-electron chi connectivity index (χ2n) is 19.6. The van der Waals surface area contributed by atoms with Gasteiger partial charge in [-0.2, -0.15) is 11.8 Å². The Kier molecular flexibility index (Phi) is 23.6. The van der Waals surface area contributed by atoms with Crippen LogP contribution >= 0.6 is 11.8 Å². The van der Waals surface area contributed by atoms with Gasteiger partial charge in [-0.25, -0.2) is 4.79 Å². The number of ketones is 2. The number of carbonyl (C=O) groups is 8. The van der Waals surface area contributed by atoms with Gasteiger partial charge < -0.3 is 39.9 Å². The molecular weight excluding hydrogens is 891 g/mol. The SMILES string of the molecule is CC[C@H](C)[C@@H]([C@@H](CC(=O)N1CCC[C@H]1[C@H](OC)[C@@H](C)C(=O)N[C@@H](Cc1ccccc1)C(=O)O)OC)N(C)C(=O)[C@@H](NC(=O)[C@H](C(C)C)N(C)C(=O)CCCCCC1C(=O)CC(SC)C1=O)C(C)C. The molecule has 5 amide bonds. The van der Waals surface area contributed by atoms with Crippen molar-refractivity contribution in [1.82, 2.24) is 25.3 Å². The molecule has 3 N–H and O–H groups in total. The molecule has 1 saturated carbocycles. The van der Waals surface area contributed by atoms with Gasteiger partial charge in [0, 0.05) is 54.1 Å². The lowest BCUT2D eigenvalue weighted by Crippen LogP contribution is -2.60. The third-order valence-electron chi connectivity index (χ3n) is 14.2.